The molecule has 1 aliphatic heterocycles. The predicted octanol–water partition coefficient (Wildman–Crippen LogP) is 3.58. The van der Waals surface area contributed by atoms with Crippen molar-refractivity contribution in [3.63, 3.8) is 0 Å². The van der Waals surface area contributed by atoms with Crippen molar-refractivity contribution >= 4 is 34.6 Å². The Morgan fingerprint density at radius 3 is 2.90 bits per heavy atom. The van der Waals surface area contributed by atoms with E-state index >= 15 is 0 Å². The van der Waals surface area contributed by atoms with E-state index in [1.54, 1.807) is 10.7 Å². The van der Waals surface area contributed by atoms with Crippen molar-refractivity contribution in [2.75, 3.05) is 36.2 Å². The Balaban J connectivity index is 1.42. The smallest absolute Gasteiger partial charge is 0.224 e. The number of para-hydroxylation sites is 1. The highest BCUT2D eigenvalue weighted by atomic mass is 16.6. The summed E-state index contributed by atoms with van der Waals surface area (Å²) in [5.41, 5.74) is 3.08. The fraction of sp³-hybridized carbons (Fsp3) is 0.318. The number of nitrogens with zero attached hydrogens (tertiary/aromatic N) is 3. The summed E-state index contributed by atoms with van der Waals surface area (Å²) in [6, 6.07) is 7.52. The molecule has 1 amide bonds. The van der Waals surface area contributed by atoms with Gasteiger partial charge in [-0.05, 0) is 30.9 Å². The number of hydrogen-bond acceptors (Lipinski definition) is 7. The van der Waals surface area contributed by atoms with Gasteiger partial charge in [0.25, 0.3) is 0 Å². The molecular weight excluding hydrogens is 396 g/mol. The molecule has 31 heavy (non-hydrogen) atoms. The zero-order valence-electron chi connectivity index (χ0n) is 17.3. The van der Waals surface area contributed by atoms with Crippen LogP contribution in [-0.2, 0) is 4.79 Å². The highest BCUT2D eigenvalue weighted by molar-refractivity contribution is 5.94. The molecule has 160 valence electrons. The minimum absolute atomic E-state index is 0.0405. The molecule has 3 aromatic rings. The van der Waals surface area contributed by atoms with Crippen molar-refractivity contribution in [1.29, 1.82) is 0 Å². The fourth-order valence-electron chi connectivity index (χ4n) is 3.97. The summed E-state index contributed by atoms with van der Waals surface area (Å²) in [7, 11) is 1.81. The zero-order chi connectivity index (χ0) is 21.4. The van der Waals surface area contributed by atoms with E-state index in [0.717, 1.165) is 24.3 Å². The molecule has 0 bridgehead atoms. The number of rotatable bonds is 6. The Bertz CT molecular complexity index is 1160. The monoisotopic (exact) mass is 420 g/mol. The van der Waals surface area contributed by atoms with Gasteiger partial charge in [0.2, 0.25) is 5.91 Å². The van der Waals surface area contributed by atoms with Crippen molar-refractivity contribution in [2.24, 2.45) is 5.92 Å². The lowest BCUT2D eigenvalue weighted by molar-refractivity contribution is -0.117. The lowest BCUT2D eigenvalue weighted by Gasteiger charge is -2.27. The van der Waals surface area contributed by atoms with E-state index < -0.39 is 0 Å². The molecule has 5 rings (SSSR count). The first-order valence-corrected chi connectivity index (χ1v) is 10.3. The maximum atomic E-state index is 12.5. The first-order chi connectivity index (χ1) is 15.1. The third-order valence-electron chi connectivity index (χ3n) is 5.46. The maximum Gasteiger partial charge on any atom is 0.224 e. The van der Waals surface area contributed by atoms with Gasteiger partial charge in [-0.2, -0.15) is 9.61 Å². The second-order valence-electron chi connectivity index (χ2n) is 7.80. The first kappa shape index (κ1) is 19.2. The van der Waals surface area contributed by atoms with E-state index in [1.807, 2.05) is 31.3 Å². The highest BCUT2D eigenvalue weighted by Crippen LogP contribution is 2.39. The molecule has 3 N–H and O–H groups in total. The van der Waals surface area contributed by atoms with E-state index in [0.29, 0.717) is 54.2 Å². The Hall–Kier alpha value is -3.75. The third-order valence-corrected chi connectivity index (χ3v) is 5.46. The van der Waals surface area contributed by atoms with Gasteiger partial charge in [-0.25, -0.2) is 4.98 Å². The number of fused-ring (bicyclic) bond motifs is 2. The van der Waals surface area contributed by atoms with Crippen LogP contribution in [0.5, 0.6) is 11.5 Å². The van der Waals surface area contributed by atoms with Gasteiger partial charge in [0.1, 0.15) is 30.5 Å². The maximum absolute atomic E-state index is 12.5. The van der Waals surface area contributed by atoms with Crippen LogP contribution >= 0.6 is 0 Å². The molecule has 1 saturated carbocycles. The Morgan fingerprint density at radius 2 is 2.10 bits per heavy atom. The molecule has 0 unspecified atom stereocenters. The zero-order valence-corrected chi connectivity index (χ0v) is 17.3. The van der Waals surface area contributed by atoms with Crippen molar-refractivity contribution in [3.05, 3.63) is 42.6 Å². The normalized spacial score (nSPS) is 15.5. The number of amides is 1. The number of hydrogen-bond donors (Lipinski definition) is 3. The molecule has 0 spiro atoms. The summed E-state index contributed by atoms with van der Waals surface area (Å²) in [6.07, 6.45) is 3.93. The van der Waals surface area contributed by atoms with Gasteiger partial charge in [0, 0.05) is 19.5 Å². The number of aromatic nitrogens is 3. The van der Waals surface area contributed by atoms with Crippen molar-refractivity contribution < 1.29 is 14.3 Å². The quantitative estimate of drug-likeness (QED) is 0.524. The number of carbonyl (C=O) groups excluding carboxylic acids is 1. The van der Waals surface area contributed by atoms with Gasteiger partial charge in [-0.3, -0.25) is 4.79 Å². The summed E-state index contributed by atoms with van der Waals surface area (Å²) >= 11 is 0. The van der Waals surface area contributed by atoms with Gasteiger partial charge < -0.3 is 25.4 Å². The average Bonchev–Trinajstić information content (AvgIpc) is 3.15. The minimum atomic E-state index is -0.0405. The van der Waals surface area contributed by atoms with Crippen LogP contribution in [-0.4, -0.2) is 40.8 Å². The Labute approximate surface area is 179 Å². The molecular formula is C22H24N6O3. The topological polar surface area (TPSA) is 102 Å². The molecule has 1 aliphatic carbocycles. The highest BCUT2D eigenvalue weighted by Gasteiger charge is 2.25. The average molecular weight is 420 g/mol. The SMILES string of the molecule is C=C1CC(CC(=O)Nc2cnn3c(NC)cc(Nc4cccc5c4OCCO5)nc23)C1. The van der Waals surface area contributed by atoms with Crippen LogP contribution in [0.15, 0.2) is 42.6 Å². The van der Waals surface area contributed by atoms with Crippen molar-refractivity contribution in [1.82, 2.24) is 14.6 Å². The van der Waals surface area contributed by atoms with Crippen LogP contribution in [0, 0.1) is 5.92 Å². The van der Waals surface area contributed by atoms with Gasteiger partial charge in [-0.15, -0.1) is 0 Å². The Kier molecular flexibility index (Phi) is 4.85. The van der Waals surface area contributed by atoms with Gasteiger partial charge in [0.05, 0.1) is 11.9 Å². The number of anilines is 4. The minimum Gasteiger partial charge on any atom is -0.486 e. The Morgan fingerprint density at radius 1 is 1.26 bits per heavy atom. The summed E-state index contributed by atoms with van der Waals surface area (Å²) in [4.78, 5) is 17.2. The lowest BCUT2D eigenvalue weighted by Crippen LogP contribution is -2.22. The van der Waals surface area contributed by atoms with Crippen molar-refractivity contribution in [2.45, 2.75) is 19.3 Å². The summed E-state index contributed by atoms with van der Waals surface area (Å²) in [6.45, 7) is 4.96. The largest absolute Gasteiger partial charge is 0.486 e. The summed E-state index contributed by atoms with van der Waals surface area (Å²) in [5.74, 6) is 3.00. The van der Waals surface area contributed by atoms with Crippen LogP contribution in [0.2, 0.25) is 0 Å². The summed E-state index contributed by atoms with van der Waals surface area (Å²) < 4.78 is 13.1. The van der Waals surface area contributed by atoms with E-state index in [1.165, 1.54) is 5.57 Å². The van der Waals surface area contributed by atoms with Crippen LogP contribution < -0.4 is 25.4 Å². The van der Waals surface area contributed by atoms with Gasteiger partial charge in [0.15, 0.2) is 17.1 Å². The van der Waals surface area contributed by atoms with Gasteiger partial charge >= 0.3 is 0 Å². The fourth-order valence-corrected chi connectivity index (χ4v) is 3.97. The second-order valence-corrected chi connectivity index (χ2v) is 7.80. The van der Waals surface area contributed by atoms with E-state index in [2.05, 4.69) is 27.6 Å². The first-order valence-electron chi connectivity index (χ1n) is 10.3. The molecule has 0 saturated heterocycles. The third kappa shape index (κ3) is 3.74. The lowest BCUT2D eigenvalue weighted by atomic mass is 9.79. The number of benzene rings is 1. The number of nitrogens with one attached hydrogen (secondary N) is 3. The standard InChI is InChI=1S/C22H24N6O3/c1-13-8-14(9-13)10-20(29)26-16-12-24-28-19(23-2)11-18(27-22(16)28)25-15-4-3-5-17-21(15)31-7-6-30-17/h3-5,11-12,14,23H,1,6-10H2,2H3,(H,25,27)(H,26,29). The number of ether oxygens (including phenoxy) is 2. The van der Waals surface area contributed by atoms with Crippen LogP contribution in [0.25, 0.3) is 5.65 Å². The molecule has 2 aromatic heterocycles. The van der Waals surface area contributed by atoms with E-state index in [4.69, 9.17) is 14.5 Å². The molecule has 3 heterocycles. The van der Waals surface area contributed by atoms with Gasteiger partial charge in [-0.1, -0.05) is 18.2 Å². The molecule has 2 aliphatic rings. The number of allylic oxidation sites excluding steroid dienone is 1. The molecule has 0 atom stereocenters. The second kappa shape index (κ2) is 7.82. The predicted molar refractivity (Wildman–Crippen MR) is 118 cm³/mol. The van der Waals surface area contributed by atoms with Crippen molar-refractivity contribution in [3.8, 4) is 11.5 Å². The summed E-state index contributed by atoms with van der Waals surface area (Å²) in [5, 5.41) is 13.8. The molecule has 1 fully saturated rings. The van der Waals surface area contributed by atoms with E-state index in [-0.39, 0.29) is 5.91 Å². The molecule has 9 nitrogen and oxygen atoms in total. The van der Waals surface area contributed by atoms with Crippen LogP contribution in [0.1, 0.15) is 19.3 Å². The van der Waals surface area contributed by atoms with E-state index in [9.17, 15) is 4.79 Å². The van der Waals surface area contributed by atoms with Crippen LogP contribution in [0.3, 0.4) is 0 Å². The molecule has 9 heteroatoms. The number of carbonyl (C=O) groups is 1. The molecule has 0 radical (unpaired) electrons. The molecule has 1 aromatic carbocycles. The van der Waals surface area contributed by atoms with Crippen LogP contribution in [0.4, 0.5) is 23.0 Å².